The van der Waals surface area contributed by atoms with Crippen molar-refractivity contribution in [3.05, 3.63) is 84.4 Å². The minimum absolute atomic E-state index is 0.113. The molecule has 0 aromatic heterocycles. The summed E-state index contributed by atoms with van der Waals surface area (Å²) >= 11 is 0. The van der Waals surface area contributed by atoms with E-state index < -0.39 is 0 Å². The lowest BCUT2D eigenvalue weighted by Crippen LogP contribution is -2.21. The van der Waals surface area contributed by atoms with Crippen molar-refractivity contribution in [1.82, 2.24) is 0 Å². The van der Waals surface area contributed by atoms with E-state index in [0.717, 1.165) is 34.9 Å². The van der Waals surface area contributed by atoms with Gasteiger partial charge in [-0.25, -0.2) is 0 Å². The van der Waals surface area contributed by atoms with Crippen LogP contribution in [-0.2, 0) is 11.4 Å². The minimum atomic E-state index is -0.113. The lowest BCUT2D eigenvalue weighted by molar-refractivity contribution is -0.114. The van der Waals surface area contributed by atoms with Gasteiger partial charge in [-0.2, -0.15) is 0 Å². The Morgan fingerprint density at radius 1 is 0.806 bits per heavy atom. The van der Waals surface area contributed by atoms with E-state index in [1.165, 1.54) is 0 Å². The largest absolute Gasteiger partial charge is 0.494 e. The van der Waals surface area contributed by atoms with Crippen LogP contribution in [0.25, 0.3) is 0 Å². The second kappa shape index (κ2) is 11.6. The van der Waals surface area contributed by atoms with E-state index in [1.807, 2.05) is 78.9 Å². The Morgan fingerprint density at radius 3 is 2.06 bits per heavy atom. The SMILES string of the molecule is CC(C)CCOc1ccc(NC(=O)CNc2ccc(OCc3ccccc3)cc2)cc1. The number of benzene rings is 3. The molecule has 0 bridgehead atoms. The van der Waals surface area contributed by atoms with Crippen LogP contribution >= 0.6 is 0 Å². The van der Waals surface area contributed by atoms with E-state index in [4.69, 9.17) is 9.47 Å². The molecule has 0 aliphatic carbocycles. The Hall–Kier alpha value is -3.47. The van der Waals surface area contributed by atoms with Gasteiger partial charge in [-0.3, -0.25) is 4.79 Å². The molecule has 0 atom stereocenters. The zero-order chi connectivity index (χ0) is 21.9. The molecule has 0 heterocycles. The first-order chi connectivity index (χ1) is 15.1. The van der Waals surface area contributed by atoms with E-state index in [1.54, 1.807) is 0 Å². The average molecular weight is 419 g/mol. The quantitative estimate of drug-likeness (QED) is 0.417. The number of hydrogen-bond acceptors (Lipinski definition) is 4. The Bertz CT molecular complexity index is 923. The first kappa shape index (κ1) is 22.2. The maximum atomic E-state index is 12.2. The second-order valence-corrected chi connectivity index (χ2v) is 7.76. The van der Waals surface area contributed by atoms with Crippen molar-refractivity contribution in [2.45, 2.75) is 26.9 Å². The highest BCUT2D eigenvalue weighted by molar-refractivity contribution is 5.93. The smallest absolute Gasteiger partial charge is 0.243 e. The number of rotatable bonds is 11. The Kier molecular flexibility index (Phi) is 8.35. The summed E-state index contributed by atoms with van der Waals surface area (Å²) in [6.07, 6.45) is 1.02. The molecule has 0 spiro atoms. The average Bonchev–Trinajstić information content (AvgIpc) is 2.79. The summed E-state index contributed by atoms with van der Waals surface area (Å²) in [4.78, 5) is 12.2. The van der Waals surface area contributed by atoms with E-state index in [-0.39, 0.29) is 12.5 Å². The first-order valence-corrected chi connectivity index (χ1v) is 10.6. The molecule has 5 nitrogen and oxygen atoms in total. The first-order valence-electron chi connectivity index (χ1n) is 10.6. The van der Waals surface area contributed by atoms with Crippen LogP contribution in [0, 0.1) is 5.92 Å². The molecule has 162 valence electrons. The number of ether oxygens (including phenoxy) is 2. The van der Waals surface area contributed by atoms with Crippen molar-refractivity contribution in [2.75, 3.05) is 23.8 Å². The van der Waals surface area contributed by atoms with Gasteiger partial charge in [-0.1, -0.05) is 44.2 Å². The standard InChI is InChI=1S/C26H30N2O3/c1-20(2)16-17-30-24-14-10-23(11-15-24)28-26(29)18-27-22-8-12-25(13-9-22)31-19-21-6-4-3-5-7-21/h3-15,20,27H,16-19H2,1-2H3,(H,28,29). The molecule has 3 aromatic carbocycles. The molecule has 0 unspecified atom stereocenters. The fourth-order valence-corrected chi connectivity index (χ4v) is 2.84. The predicted octanol–water partition coefficient (Wildman–Crippen LogP) is 5.74. The number of hydrogen-bond donors (Lipinski definition) is 2. The van der Waals surface area contributed by atoms with E-state index in [9.17, 15) is 4.79 Å². The van der Waals surface area contributed by atoms with Crippen LogP contribution in [0.2, 0.25) is 0 Å². The highest BCUT2D eigenvalue weighted by Crippen LogP contribution is 2.18. The molecular weight excluding hydrogens is 388 g/mol. The van der Waals surface area contributed by atoms with Gasteiger partial charge in [0, 0.05) is 11.4 Å². The van der Waals surface area contributed by atoms with Crippen LogP contribution in [0.15, 0.2) is 78.9 Å². The monoisotopic (exact) mass is 418 g/mol. The summed E-state index contributed by atoms with van der Waals surface area (Å²) in [5, 5.41) is 6.01. The summed E-state index contributed by atoms with van der Waals surface area (Å²) < 4.78 is 11.5. The fraction of sp³-hybridized carbons (Fsp3) is 0.269. The Morgan fingerprint density at radius 2 is 1.42 bits per heavy atom. The fourth-order valence-electron chi connectivity index (χ4n) is 2.84. The molecule has 0 aliphatic heterocycles. The van der Waals surface area contributed by atoms with Gasteiger partial charge < -0.3 is 20.1 Å². The topological polar surface area (TPSA) is 59.6 Å². The van der Waals surface area contributed by atoms with E-state index in [0.29, 0.717) is 19.1 Å². The minimum Gasteiger partial charge on any atom is -0.494 e. The second-order valence-electron chi connectivity index (χ2n) is 7.76. The van der Waals surface area contributed by atoms with Crippen molar-refractivity contribution in [2.24, 2.45) is 5.92 Å². The van der Waals surface area contributed by atoms with Gasteiger partial charge in [0.05, 0.1) is 13.2 Å². The molecule has 5 heteroatoms. The highest BCUT2D eigenvalue weighted by Gasteiger charge is 2.04. The molecule has 1 amide bonds. The summed E-state index contributed by atoms with van der Waals surface area (Å²) in [7, 11) is 0. The lowest BCUT2D eigenvalue weighted by Gasteiger charge is -2.11. The molecular formula is C26H30N2O3. The van der Waals surface area contributed by atoms with Crippen molar-refractivity contribution < 1.29 is 14.3 Å². The lowest BCUT2D eigenvalue weighted by atomic mass is 10.1. The van der Waals surface area contributed by atoms with Gasteiger partial charge in [0.15, 0.2) is 0 Å². The number of anilines is 2. The van der Waals surface area contributed by atoms with Crippen LogP contribution in [0.4, 0.5) is 11.4 Å². The molecule has 0 saturated heterocycles. The summed E-state index contributed by atoms with van der Waals surface area (Å²) in [6, 6.07) is 25.1. The van der Waals surface area contributed by atoms with Crippen molar-refractivity contribution in [3.8, 4) is 11.5 Å². The van der Waals surface area contributed by atoms with Gasteiger partial charge in [0.2, 0.25) is 5.91 Å². The maximum Gasteiger partial charge on any atom is 0.243 e. The van der Waals surface area contributed by atoms with E-state index in [2.05, 4.69) is 24.5 Å². The van der Waals surface area contributed by atoms with Gasteiger partial charge in [-0.05, 0) is 66.4 Å². The molecule has 0 saturated carbocycles. The van der Waals surface area contributed by atoms with Crippen molar-refractivity contribution in [1.29, 1.82) is 0 Å². The zero-order valence-electron chi connectivity index (χ0n) is 18.1. The molecule has 0 radical (unpaired) electrons. The number of nitrogens with one attached hydrogen (secondary N) is 2. The highest BCUT2D eigenvalue weighted by atomic mass is 16.5. The molecule has 3 rings (SSSR count). The third-order valence-corrected chi connectivity index (χ3v) is 4.66. The van der Waals surface area contributed by atoms with Crippen molar-refractivity contribution >= 4 is 17.3 Å². The normalized spacial score (nSPS) is 10.5. The number of amides is 1. The van der Waals surface area contributed by atoms with Crippen LogP contribution in [0.5, 0.6) is 11.5 Å². The molecule has 3 aromatic rings. The van der Waals surface area contributed by atoms with Gasteiger partial charge >= 0.3 is 0 Å². The van der Waals surface area contributed by atoms with Crippen LogP contribution in [0.3, 0.4) is 0 Å². The Balaban J connectivity index is 1.39. The summed E-state index contributed by atoms with van der Waals surface area (Å²) in [5.74, 6) is 2.10. The van der Waals surface area contributed by atoms with Gasteiger partial charge in [0.1, 0.15) is 18.1 Å². The third kappa shape index (κ3) is 8.05. The van der Waals surface area contributed by atoms with Crippen LogP contribution < -0.4 is 20.1 Å². The predicted molar refractivity (Wildman–Crippen MR) is 126 cm³/mol. The summed E-state index contributed by atoms with van der Waals surface area (Å²) in [5.41, 5.74) is 2.72. The van der Waals surface area contributed by atoms with Crippen LogP contribution in [0.1, 0.15) is 25.8 Å². The molecule has 0 aliphatic rings. The van der Waals surface area contributed by atoms with Crippen LogP contribution in [-0.4, -0.2) is 19.1 Å². The number of carbonyl (C=O) groups excluding carboxylic acids is 1. The summed E-state index contributed by atoms with van der Waals surface area (Å²) in [6.45, 7) is 5.74. The van der Waals surface area contributed by atoms with Gasteiger partial charge in [-0.15, -0.1) is 0 Å². The number of carbonyl (C=O) groups is 1. The molecule has 2 N–H and O–H groups in total. The van der Waals surface area contributed by atoms with Crippen molar-refractivity contribution in [3.63, 3.8) is 0 Å². The molecule has 0 fully saturated rings. The molecule has 31 heavy (non-hydrogen) atoms. The van der Waals surface area contributed by atoms with Gasteiger partial charge in [0.25, 0.3) is 0 Å². The third-order valence-electron chi connectivity index (χ3n) is 4.66. The zero-order valence-corrected chi connectivity index (χ0v) is 18.1. The Labute approximate surface area is 184 Å². The maximum absolute atomic E-state index is 12.2. The van der Waals surface area contributed by atoms with E-state index >= 15 is 0 Å².